The maximum Gasteiger partial charge on any atom is 0.311 e. The van der Waals surface area contributed by atoms with E-state index in [1.54, 1.807) is 0 Å². The SMILES string of the molecule is Nc1cc(Cl)nc(OCC(F)F)c1.[C-]#[N+]c1cc(N)cc(OCC(F)F)n1. The molecule has 0 aliphatic carbocycles. The van der Waals surface area contributed by atoms with Crippen LogP contribution in [0.25, 0.3) is 4.85 Å². The molecule has 0 saturated heterocycles. The first-order chi connectivity index (χ1) is 12.7. The Morgan fingerprint density at radius 2 is 1.41 bits per heavy atom. The van der Waals surface area contributed by atoms with Crippen molar-refractivity contribution < 1.29 is 27.0 Å². The first-order valence-corrected chi connectivity index (χ1v) is 7.47. The normalized spacial score (nSPS) is 10.1. The molecule has 2 rings (SSSR count). The van der Waals surface area contributed by atoms with Gasteiger partial charge in [-0.3, -0.25) is 0 Å². The average Bonchev–Trinajstić information content (AvgIpc) is 2.57. The van der Waals surface area contributed by atoms with Crippen LogP contribution < -0.4 is 20.9 Å². The van der Waals surface area contributed by atoms with E-state index >= 15 is 0 Å². The van der Waals surface area contributed by atoms with Crippen molar-refractivity contribution in [1.29, 1.82) is 0 Å². The Kier molecular flexibility index (Phi) is 8.87. The lowest BCUT2D eigenvalue weighted by Gasteiger charge is -2.04. The number of nitrogen functional groups attached to an aromatic ring is 2. The lowest BCUT2D eigenvalue weighted by atomic mass is 10.4. The zero-order valence-corrected chi connectivity index (χ0v) is 14.3. The molecule has 2 heterocycles. The first-order valence-electron chi connectivity index (χ1n) is 7.09. The third kappa shape index (κ3) is 9.31. The predicted octanol–water partition coefficient (Wildman–Crippen LogP) is 3.82. The van der Waals surface area contributed by atoms with Gasteiger partial charge in [-0.25, -0.2) is 22.5 Å². The Morgan fingerprint density at radius 1 is 0.926 bits per heavy atom. The number of aromatic nitrogens is 2. The number of halogens is 5. The number of anilines is 2. The molecule has 12 heteroatoms. The highest BCUT2D eigenvalue weighted by Gasteiger charge is 2.09. The highest BCUT2D eigenvalue weighted by molar-refractivity contribution is 6.29. The van der Waals surface area contributed by atoms with Gasteiger partial charge in [-0.15, -0.1) is 0 Å². The summed E-state index contributed by atoms with van der Waals surface area (Å²) in [6.07, 6.45) is -5.11. The van der Waals surface area contributed by atoms with Gasteiger partial charge in [0.2, 0.25) is 5.88 Å². The summed E-state index contributed by atoms with van der Waals surface area (Å²) in [6.45, 7) is 5.19. The second-order valence-electron chi connectivity index (χ2n) is 4.67. The standard InChI is InChI=1S/C8H7F2N3O.C7H7ClF2N2O/c1-12-7-2-5(11)3-8(13-7)14-4-6(9)10;8-5-1-4(11)2-7(12-5)13-3-6(9)10/h2-3,6H,4H2,(H2,11,13);1-2,6H,3H2,(H2,11,12). The third-order valence-corrected chi connectivity index (χ3v) is 2.63. The van der Waals surface area contributed by atoms with Crippen LogP contribution in [0.15, 0.2) is 24.3 Å². The van der Waals surface area contributed by atoms with Gasteiger partial charge in [-0.1, -0.05) is 23.2 Å². The van der Waals surface area contributed by atoms with Gasteiger partial charge in [-0.2, -0.15) is 0 Å². The molecular weight excluding hydrogens is 394 g/mol. The van der Waals surface area contributed by atoms with Gasteiger partial charge in [0.15, 0.2) is 13.2 Å². The molecule has 0 saturated carbocycles. The lowest BCUT2D eigenvalue weighted by Crippen LogP contribution is -2.08. The molecule has 2 aromatic heterocycles. The van der Waals surface area contributed by atoms with Gasteiger partial charge >= 0.3 is 5.88 Å². The molecule has 0 radical (unpaired) electrons. The van der Waals surface area contributed by atoms with Crippen LogP contribution >= 0.6 is 11.6 Å². The summed E-state index contributed by atoms with van der Waals surface area (Å²) >= 11 is 5.51. The van der Waals surface area contributed by atoms with Gasteiger partial charge in [0.05, 0.1) is 0 Å². The molecule has 0 atom stereocenters. The highest BCUT2D eigenvalue weighted by atomic mass is 35.5. The Bertz CT molecular complexity index is 769. The zero-order valence-electron chi connectivity index (χ0n) is 13.6. The van der Waals surface area contributed by atoms with Crippen molar-refractivity contribution in [2.45, 2.75) is 12.9 Å². The molecule has 0 aliphatic heterocycles. The van der Waals surface area contributed by atoms with Gasteiger partial charge in [0.25, 0.3) is 18.7 Å². The molecule has 0 unspecified atom stereocenters. The molecule has 0 fully saturated rings. The minimum Gasteiger partial charge on any atom is -0.471 e. The van der Waals surface area contributed by atoms with E-state index in [0.29, 0.717) is 5.69 Å². The van der Waals surface area contributed by atoms with Crippen molar-refractivity contribution in [2.24, 2.45) is 0 Å². The molecule has 27 heavy (non-hydrogen) atoms. The number of pyridine rings is 2. The minimum atomic E-state index is -2.57. The van der Waals surface area contributed by atoms with Crippen molar-refractivity contribution in [3.63, 3.8) is 0 Å². The van der Waals surface area contributed by atoms with E-state index in [0.717, 1.165) is 0 Å². The number of nitrogens with zero attached hydrogens (tertiary/aromatic N) is 3. The van der Waals surface area contributed by atoms with E-state index in [1.807, 2.05) is 0 Å². The largest absolute Gasteiger partial charge is 0.471 e. The van der Waals surface area contributed by atoms with Crippen molar-refractivity contribution in [1.82, 2.24) is 9.97 Å². The summed E-state index contributed by atoms with van der Waals surface area (Å²) in [7, 11) is 0. The number of rotatable bonds is 6. The topological polar surface area (TPSA) is 101 Å². The molecule has 0 amide bonds. The zero-order chi connectivity index (χ0) is 20.4. The van der Waals surface area contributed by atoms with Crippen LogP contribution in [0.1, 0.15) is 0 Å². The molecule has 0 aromatic carbocycles. The summed E-state index contributed by atoms with van der Waals surface area (Å²) in [5, 5.41) is 0.115. The summed E-state index contributed by atoms with van der Waals surface area (Å²) in [5.41, 5.74) is 11.3. The van der Waals surface area contributed by atoms with Gasteiger partial charge in [0.1, 0.15) is 5.15 Å². The summed E-state index contributed by atoms with van der Waals surface area (Å²) < 4.78 is 56.1. The van der Waals surface area contributed by atoms with Crippen LogP contribution in [0, 0.1) is 6.57 Å². The fourth-order valence-electron chi connectivity index (χ4n) is 1.50. The second kappa shape index (κ2) is 10.9. The first kappa shape index (κ1) is 22.0. The van der Waals surface area contributed by atoms with Crippen LogP contribution in [0.4, 0.5) is 34.8 Å². The third-order valence-electron chi connectivity index (χ3n) is 2.43. The molecule has 146 valence electrons. The number of alkyl halides is 4. The Morgan fingerprint density at radius 3 is 1.85 bits per heavy atom. The van der Waals surface area contributed by atoms with Gasteiger partial charge in [0, 0.05) is 23.5 Å². The molecular formula is C15H14ClF4N5O2. The lowest BCUT2D eigenvalue weighted by molar-refractivity contribution is 0.0795. The van der Waals surface area contributed by atoms with Crippen molar-refractivity contribution in [3.05, 3.63) is 40.8 Å². The Labute approximate surface area is 156 Å². The quantitative estimate of drug-likeness (QED) is 0.429. The van der Waals surface area contributed by atoms with E-state index in [9.17, 15) is 17.6 Å². The summed E-state index contributed by atoms with van der Waals surface area (Å²) in [6, 6.07) is 5.35. The average molecular weight is 408 g/mol. The molecule has 0 bridgehead atoms. The van der Waals surface area contributed by atoms with E-state index in [1.165, 1.54) is 24.3 Å². The van der Waals surface area contributed by atoms with Crippen LogP contribution in [0.2, 0.25) is 5.15 Å². The number of hydrogen-bond acceptors (Lipinski definition) is 6. The van der Waals surface area contributed by atoms with E-state index < -0.39 is 26.1 Å². The minimum absolute atomic E-state index is 0.00491. The van der Waals surface area contributed by atoms with Crippen molar-refractivity contribution in [2.75, 3.05) is 24.7 Å². The van der Waals surface area contributed by atoms with E-state index in [4.69, 9.17) is 29.6 Å². The number of hydrogen-bond donors (Lipinski definition) is 2. The Balaban J connectivity index is 0.000000271. The van der Waals surface area contributed by atoms with Crippen LogP contribution in [0.3, 0.4) is 0 Å². The maximum atomic E-state index is 11.8. The van der Waals surface area contributed by atoms with Crippen molar-refractivity contribution >= 4 is 28.8 Å². The van der Waals surface area contributed by atoms with E-state index in [2.05, 4.69) is 24.3 Å². The van der Waals surface area contributed by atoms with Crippen LogP contribution in [0.5, 0.6) is 11.8 Å². The van der Waals surface area contributed by atoms with Gasteiger partial charge < -0.3 is 25.8 Å². The monoisotopic (exact) mass is 407 g/mol. The fourth-order valence-corrected chi connectivity index (χ4v) is 1.71. The molecule has 0 aliphatic rings. The van der Waals surface area contributed by atoms with Gasteiger partial charge in [-0.05, 0) is 12.1 Å². The highest BCUT2D eigenvalue weighted by Crippen LogP contribution is 2.20. The second-order valence-corrected chi connectivity index (χ2v) is 5.06. The van der Waals surface area contributed by atoms with Crippen LogP contribution in [-0.2, 0) is 0 Å². The number of ether oxygens (including phenoxy) is 2. The molecule has 7 nitrogen and oxygen atoms in total. The fraction of sp³-hybridized carbons (Fsp3) is 0.267. The van der Waals surface area contributed by atoms with E-state index in [-0.39, 0.29) is 28.4 Å². The maximum absolute atomic E-state index is 11.8. The summed E-state index contributed by atoms with van der Waals surface area (Å²) in [4.78, 5) is 10.3. The van der Waals surface area contributed by atoms with Crippen LogP contribution in [-0.4, -0.2) is 36.0 Å². The summed E-state index contributed by atoms with van der Waals surface area (Å²) in [5.74, 6) is -0.0316. The molecule has 0 spiro atoms. The molecule has 2 aromatic rings. The predicted molar refractivity (Wildman–Crippen MR) is 91.6 cm³/mol. The molecule has 4 N–H and O–H groups in total. The Hall–Kier alpha value is -3.00. The smallest absolute Gasteiger partial charge is 0.311 e. The number of nitrogens with two attached hydrogens (primary N) is 2. The van der Waals surface area contributed by atoms with Crippen molar-refractivity contribution in [3.8, 4) is 11.8 Å².